The zero-order valence-corrected chi connectivity index (χ0v) is 17.5. The summed E-state index contributed by atoms with van der Waals surface area (Å²) < 4.78 is 16.0. The molecule has 1 N–H and O–H groups in total. The van der Waals surface area contributed by atoms with E-state index in [-0.39, 0.29) is 17.9 Å². The first-order chi connectivity index (χ1) is 12.8. The fourth-order valence-electron chi connectivity index (χ4n) is 2.72. The summed E-state index contributed by atoms with van der Waals surface area (Å²) in [5, 5.41) is 3.01. The summed E-state index contributed by atoms with van der Waals surface area (Å²) in [6.07, 6.45) is 0. The number of rotatable bonds is 7. The Morgan fingerprint density at radius 3 is 2.19 bits per heavy atom. The van der Waals surface area contributed by atoms with Crippen LogP contribution in [0.1, 0.15) is 31.1 Å². The van der Waals surface area contributed by atoms with Crippen molar-refractivity contribution in [3.05, 3.63) is 17.7 Å². The van der Waals surface area contributed by atoms with E-state index in [1.807, 2.05) is 20.8 Å². The summed E-state index contributed by atoms with van der Waals surface area (Å²) in [6, 6.07) is 2.76. The highest BCUT2D eigenvalue weighted by Crippen LogP contribution is 2.39. The minimum Gasteiger partial charge on any atom is -0.493 e. The number of nitrogens with zero attached hydrogens (tertiary/aromatic N) is 1. The Bertz CT molecular complexity index is 670. The molecule has 2 unspecified atom stereocenters. The van der Waals surface area contributed by atoms with Gasteiger partial charge in [0.1, 0.15) is 6.04 Å². The Labute approximate surface area is 164 Å². The van der Waals surface area contributed by atoms with Crippen molar-refractivity contribution in [3.63, 3.8) is 0 Å². The molecule has 8 heteroatoms. The molecule has 2 atom stereocenters. The van der Waals surface area contributed by atoms with E-state index in [0.717, 1.165) is 0 Å². The number of methoxy groups -OCH3 is 3. The second-order valence-corrected chi connectivity index (χ2v) is 7.75. The van der Waals surface area contributed by atoms with Gasteiger partial charge in [0.25, 0.3) is 5.91 Å². The Morgan fingerprint density at radius 2 is 1.70 bits per heavy atom. The van der Waals surface area contributed by atoms with Gasteiger partial charge < -0.3 is 24.4 Å². The molecule has 1 fully saturated rings. The minimum absolute atomic E-state index is 0.0428. The molecule has 2 amide bonds. The lowest BCUT2D eigenvalue weighted by Crippen LogP contribution is -2.50. The lowest BCUT2D eigenvalue weighted by atomic mass is 10.1. The maximum absolute atomic E-state index is 13.1. The van der Waals surface area contributed by atoms with Crippen LogP contribution in [0.5, 0.6) is 17.2 Å². The van der Waals surface area contributed by atoms with Gasteiger partial charge in [-0.15, -0.1) is 11.8 Å². The molecule has 150 valence electrons. The van der Waals surface area contributed by atoms with Crippen molar-refractivity contribution in [3.8, 4) is 17.2 Å². The first kappa shape index (κ1) is 21.2. The molecule has 1 heterocycles. The Balaban J connectivity index is 2.26. The third kappa shape index (κ3) is 4.61. The van der Waals surface area contributed by atoms with Crippen LogP contribution in [0.3, 0.4) is 0 Å². The SMILES string of the molecule is COc1cc(C(=O)N2CSCC2C(=O)NC(C)C(C)C)cc(OC)c1OC. The molecule has 0 radical (unpaired) electrons. The molecule has 1 aliphatic heterocycles. The molecule has 1 aromatic rings. The zero-order chi connectivity index (χ0) is 20.1. The van der Waals surface area contributed by atoms with Crippen LogP contribution in [0.15, 0.2) is 12.1 Å². The number of carbonyl (C=O) groups excluding carboxylic acids is 2. The van der Waals surface area contributed by atoms with Crippen LogP contribution in [0.2, 0.25) is 0 Å². The highest BCUT2D eigenvalue weighted by atomic mass is 32.2. The summed E-state index contributed by atoms with van der Waals surface area (Å²) in [5.74, 6) is 2.23. The lowest BCUT2D eigenvalue weighted by Gasteiger charge is -2.26. The molecule has 0 spiro atoms. The van der Waals surface area contributed by atoms with E-state index in [4.69, 9.17) is 14.2 Å². The molecule has 1 saturated heterocycles. The third-order valence-electron chi connectivity index (χ3n) is 4.73. The van der Waals surface area contributed by atoms with E-state index in [1.165, 1.54) is 21.3 Å². The Kier molecular flexibility index (Phi) is 7.24. The van der Waals surface area contributed by atoms with Crippen molar-refractivity contribution in [2.45, 2.75) is 32.9 Å². The van der Waals surface area contributed by atoms with Gasteiger partial charge in [-0.1, -0.05) is 13.8 Å². The number of nitrogens with one attached hydrogen (secondary N) is 1. The number of carbonyl (C=O) groups is 2. The lowest BCUT2D eigenvalue weighted by molar-refractivity contribution is -0.125. The molecule has 27 heavy (non-hydrogen) atoms. The van der Waals surface area contributed by atoms with Crippen LogP contribution in [-0.2, 0) is 4.79 Å². The number of amides is 2. The summed E-state index contributed by atoms with van der Waals surface area (Å²) in [4.78, 5) is 27.4. The molecule has 0 aromatic heterocycles. The van der Waals surface area contributed by atoms with Gasteiger partial charge in [-0.2, -0.15) is 0 Å². The van der Waals surface area contributed by atoms with Gasteiger partial charge in [-0.25, -0.2) is 0 Å². The van der Waals surface area contributed by atoms with E-state index >= 15 is 0 Å². The third-order valence-corrected chi connectivity index (χ3v) is 5.74. The van der Waals surface area contributed by atoms with Crippen LogP contribution in [0.4, 0.5) is 0 Å². The number of benzene rings is 1. The molecule has 2 rings (SSSR count). The van der Waals surface area contributed by atoms with Gasteiger partial charge in [-0.05, 0) is 25.0 Å². The number of hydrogen-bond acceptors (Lipinski definition) is 6. The van der Waals surface area contributed by atoms with Crippen LogP contribution in [-0.4, -0.2) is 61.8 Å². The van der Waals surface area contributed by atoms with Crippen LogP contribution in [0, 0.1) is 5.92 Å². The molecule has 0 aliphatic carbocycles. The second-order valence-electron chi connectivity index (χ2n) is 6.75. The Hall–Kier alpha value is -2.09. The largest absolute Gasteiger partial charge is 0.493 e. The quantitative estimate of drug-likeness (QED) is 0.763. The fourth-order valence-corrected chi connectivity index (χ4v) is 3.87. The van der Waals surface area contributed by atoms with Crippen molar-refractivity contribution in [2.24, 2.45) is 5.92 Å². The summed E-state index contributed by atoms with van der Waals surface area (Å²) in [7, 11) is 4.51. The van der Waals surface area contributed by atoms with Gasteiger partial charge in [0.2, 0.25) is 11.7 Å². The van der Waals surface area contributed by atoms with Crippen molar-refractivity contribution in [1.82, 2.24) is 10.2 Å². The van der Waals surface area contributed by atoms with Crippen LogP contribution >= 0.6 is 11.8 Å². The smallest absolute Gasteiger partial charge is 0.255 e. The Morgan fingerprint density at radius 1 is 1.11 bits per heavy atom. The molecule has 1 aliphatic rings. The summed E-state index contributed by atoms with van der Waals surface area (Å²) >= 11 is 1.56. The van der Waals surface area contributed by atoms with E-state index in [9.17, 15) is 9.59 Å². The average molecular weight is 397 g/mol. The maximum Gasteiger partial charge on any atom is 0.255 e. The predicted molar refractivity (Wildman–Crippen MR) is 106 cm³/mol. The zero-order valence-electron chi connectivity index (χ0n) is 16.7. The van der Waals surface area contributed by atoms with E-state index in [1.54, 1.807) is 28.8 Å². The van der Waals surface area contributed by atoms with Crippen LogP contribution < -0.4 is 19.5 Å². The topological polar surface area (TPSA) is 77.1 Å². The predicted octanol–water partition coefficient (Wildman–Crippen LogP) is 2.39. The van der Waals surface area contributed by atoms with Gasteiger partial charge in [0.15, 0.2) is 11.5 Å². The molecule has 1 aromatic carbocycles. The molecular formula is C19H28N2O5S. The fraction of sp³-hybridized carbons (Fsp3) is 0.579. The number of ether oxygens (including phenoxy) is 3. The average Bonchev–Trinajstić information content (AvgIpc) is 3.15. The highest BCUT2D eigenvalue weighted by Gasteiger charge is 2.36. The first-order valence-corrected chi connectivity index (χ1v) is 9.98. The molecule has 7 nitrogen and oxygen atoms in total. The molecule has 0 bridgehead atoms. The monoisotopic (exact) mass is 396 g/mol. The van der Waals surface area contributed by atoms with Crippen molar-refractivity contribution in [1.29, 1.82) is 0 Å². The second kappa shape index (κ2) is 9.21. The maximum atomic E-state index is 13.1. The first-order valence-electron chi connectivity index (χ1n) is 8.83. The van der Waals surface area contributed by atoms with Crippen molar-refractivity contribution in [2.75, 3.05) is 33.0 Å². The molecule has 0 saturated carbocycles. The van der Waals surface area contributed by atoms with Gasteiger partial charge >= 0.3 is 0 Å². The highest BCUT2D eigenvalue weighted by molar-refractivity contribution is 7.99. The van der Waals surface area contributed by atoms with Gasteiger partial charge in [0.05, 0.1) is 27.2 Å². The summed E-state index contributed by atoms with van der Waals surface area (Å²) in [6.45, 7) is 6.07. The number of thioether (sulfide) groups is 1. The van der Waals surface area contributed by atoms with Gasteiger partial charge in [-0.3, -0.25) is 9.59 Å². The molecular weight excluding hydrogens is 368 g/mol. The number of hydrogen-bond donors (Lipinski definition) is 1. The minimum atomic E-state index is -0.497. The summed E-state index contributed by atoms with van der Waals surface area (Å²) in [5.41, 5.74) is 0.390. The standard InChI is InChI=1S/C19H28N2O5S/c1-11(2)12(3)20-18(22)14-9-27-10-21(14)19(23)13-7-15(24-4)17(26-6)16(8-13)25-5/h7-8,11-12,14H,9-10H2,1-6H3,(H,20,22). The normalized spacial score (nSPS) is 17.6. The van der Waals surface area contributed by atoms with Gasteiger partial charge in [0, 0.05) is 17.4 Å². The van der Waals surface area contributed by atoms with E-state index in [2.05, 4.69) is 5.32 Å². The van der Waals surface area contributed by atoms with Crippen LogP contribution in [0.25, 0.3) is 0 Å². The van der Waals surface area contributed by atoms with E-state index < -0.39 is 6.04 Å². The van der Waals surface area contributed by atoms with Crippen molar-refractivity contribution < 1.29 is 23.8 Å². The van der Waals surface area contributed by atoms with E-state index in [0.29, 0.717) is 40.4 Å². The van der Waals surface area contributed by atoms with Crippen molar-refractivity contribution >= 4 is 23.6 Å².